The molecule has 0 spiro atoms. The fourth-order valence-corrected chi connectivity index (χ4v) is 5.52. The Morgan fingerprint density at radius 3 is 1.28 bits per heavy atom. The van der Waals surface area contributed by atoms with Gasteiger partial charge in [-0.2, -0.15) is 0 Å². The van der Waals surface area contributed by atoms with E-state index in [2.05, 4.69) is 27.7 Å². The van der Waals surface area contributed by atoms with Crippen molar-refractivity contribution >= 4 is 11.9 Å². The van der Waals surface area contributed by atoms with E-state index in [4.69, 9.17) is 0 Å². The minimum atomic E-state index is -1.56. The highest BCUT2D eigenvalue weighted by Gasteiger charge is 2.52. The van der Waals surface area contributed by atoms with E-state index in [1.165, 1.54) is 77.0 Å². The molecule has 1 saturated carbocycles. The molecule has 0 aromatic carbocycles. The number of carbonyl (C=O) groups is 2. The van der Waals surface area contributed by atoms with E-state index in [0.29, 0.717) is 12.8 Å². The van der Waals surface area contributed by atoms with E-state index >= 15 is 0 Å². The second-order valence-corrected chi connectivity index (χ2v) is 11.6. The van der Waals surface area contributed by atoms with E-state index in [0.717, 1.165) is 37.5 Å². The molecule has 2 N–H and O–H groups in total. The van der Waals surface area contributed by atoms with E-state index < -0.39 is 17.4 Å². The van der Waals surface area contributed by atoms with Crippen molar-refractivity contribution in [2.75, 3.05) is 0 Å². The summed E-state index contributed by atoms with van der Waals surface area (Å²) in [5.74, 6) is -0.716. The van der Waals surface area contributed by atoms with Crippen molar-refractivity contribution in [3.63, 3.8) is 0 Å². The van der Waals surface area contributed by atoms with Crippen molar-refractivity contribution < 1.29 is 19.8 Å². The van der Waals surface area contributed by atoms with Crippen LogP contribution >= 0.6 is 0 Å². The van der Waals surface area contributed by atoms with Crippen LogP contribution in [0, 0.1) is 22.7 Å². The molecule has 1 rings (SSSR count). The monoisotopic (exact) mass is 452 g/mol. The van der Waals surface area contributed by atoms with E-state index in [-0.39, 0.29) is 5.41 Å². The molecule has 0 heterocycles. The van der Waals surface area contributed by atoms with Gasteiger partial charge < -0.3 is 10.2 Å². The van der Waals surface area contributed by atoms with Gasteiger partial charge in [0.05, 0.1) is 0 Å². The van der Waals surface area contributed by atoms with Crippen molar-refractivity contribution in [2.24, 2.45) is 22.7 Å². The van der Waals surface area contributed by atoms with Crippen molar-refractivity contribution in [3.05, 3.63) is 0 Å². The average molecular weight is 453 g/mol. The van der Waals surface area contributed by atoms with Gasteiger partial charge in [0.1, 0.15) is 0 Å². The molecule has 0 amide bonds. The molecule has 32 heavy (non-hydrogen) atoms. The van der Waals surface area contributed by atoms with Crippen LogP contribution in [0.15, 0.2) is 0 Å². The van der Waals surface area contributed by atoms with Gasteiger partial charge in [0.25, 0.3) is 0 Å². The van der Waals surface area contributed by atoms with Crippen molar-refractivity contribution in [3.8, 4) is 0 Å². The molecule has 0 bridgehead atoms. The highest BCUT2D eigenvalue weighted by atomic mass is 16.4. The number of carboxylic acid groups (broad SMARTS) is 2. The number of hydrogen-bond acceptors (Lipinski definition) is 2. The van der Waals surface area contributed by atoms with Gasteiger partial charge in [0, 0.05) is 0 Å². The van der Waals surface area contributed by atoms with Crippen LogP contribution in [0.5, 0.6) is 0 Å². The van der Waals surface area contributed by atoms with E-state index in [1.807, 2.05) is 0 Å². The molecule has 0 radical (unpaired) electrons. The molecule has 0 unspecified atom stereocenters. The summed E-state index contributed by atoms with van der Waals surface area (Å²) in [7, 11) is 0. The maximum absolute atomic E-state index is 11.8. The first-order chi connectivity index (χ1) is 15.1. The van der Waals surface area contributed by atoms with Gasteiger partial charge in [-0.05, 0) is 55.8 Å². The number of hydrogen-bond donors (Lipinski definition) is 2. The normalized spacial score (nSPS) is 17.7. The summed E-state index contributed by atoms with van der Waals surface area (Å²) < 4.78 is 0. The van der Waals surface area contributed by atoms with Gasteiger partial charge in [0.2, 0.25) is 0 Å². The lowest BCUT2D eigenvalue weighted by atomic mass is 9.60. The summed E-state index contributed by atoms with van der Waals surface area (Å²) in [5, 5.41) is 19.2. The second kappa shape index (κ2) is 15.0. The minimum absolute atomic E-state index is 0.157. The Morgan fingerprint density at radius 2 is 0.938 bits per heavy atom. The summed E-state index contributed by atoms with van der Waals surface area (Å²) in [6, 6.07) is 0. The van der Waals surface area contributed by atoms with Gasteiger partial charge in [0.15, 0.2) is 5.41 Å². The van der Waals surface area contributed by atoms with E-state index in [1.54, 1.807) is 0 Å². The molecule has 0 saturated heterocycles. The molecule has 0 aromatic heterocycles. The molecule has 0 atom stereocenters. The summed E-state index contributed by atoms with van der Waals surface area (Å²) in [6.07, 6.45) is 19.7. The SMILES string of the molecule is CC(C)CCCCCCCC1(CCCCCCCC(C)C)CCC(C(=O)O)(C(=O)O)CC1. The Hall–Kier alpha value is -1.06. The first kappa shape index (κ1) is 29.0. The smallest absolute Gasteiger partial charge is 0.321 e. The number of aliphatic carboxylic acids is 2. The maximum atomic E-state index is 11.8. The zero-order chi connectivity index (χ0) is 24.0. The highest BCUT2D eigenvalue weighted by Crippen LogP contribution is 2.51. The fraction of sp³-hybridized carbons (Fsp3) is 0.929. The fourth-order valence-electron chi connectivity index (χ4n) is 5.52. The molecule has 1 fully saturated rings. The van der Waals surface area contributed by atoms with Gasteiger partial charge >= 0.3 is 11.9 Å². The van der Waals surface area contributed by atoms with Crippen molar-refractivity contribution in [1.82, 2.24) is 0 Å². The minimum Gasteiger partial charge on any atom is -0.480 e. The molecule has 4 heteroatoms. The topological polar surface area (TPSA) is 74.6 Å². The Kier molecular flexibility index (Phi) is 13.5. The molecule has 188 valence electrons. The van der Waals surface area contributed by atoms with Crippen LogP contribution in [-0.2, 0) is 9.59 Å². The average Bonchev–Trinajstić information content (AvgIpc) is 2.72. The maximum Gasteiger partial charge on any atom is 0.321 e. The van der Waals surface area contributed by atoms with Crippen LogP contribution in [0.1, 0.15) is 143 Å². The van der Waals surface area contributed by atoms with Crippen LogP contribution in [0.2, 0.25) is 0 Å². The quantitative estimate of drug-likeness (QED) is 0.161. The molecule has 1 aliphatic rings. The molecular formula is C28H52O4. The van der Waals surface area contributed by atoms with Crippen molar-refractivity contribution in [2.45, 2.75) is 143 Å². The van der Waals surface area contributed by atoms with Gasteiger partial charge in [-0.25, -0.2) is 0 Å². The molecular weight excluding hydrogens is 400 g/mol. The van der Waals surface area contributed by atoms with Gasteiger partial charge in [-0.1, -0.05) is 105 Å². The Bertz CT molecular complexity index is 490. The van der Waals surface area contributed by atoms with Crippen LogP contribution < -0.4 is 0 Å². The Balaban J connectivity index is 2.52. The van der Waals surface area contributed by atoms with Crippen LogP contribution in [0.4, 0.5) is 0 Å². The highest BCUT2D eigenvalue weighted by molar-refractivity contribution is 5.98. The van der Waals surface area contributed by atoms with Gasteiger partial charge in [-0.3, -0.25) is 9.59 Å². The third-order valence-electron chi connectivity index (χ3n) is 7.96. The van der Waals surface area contributed by atoms with E-state index in [9.17, 15) is 19.8 Å². The van der Waals surface area contributed by atoms with Crippen molar-refractivity contribution in [1.29, 1.82) is 0 Å². The number of rotatable bonds is 18. The first-order valence-electron chi connectivity index (χ1n) is 13.6. The number of unbranched alkanes of at least 4 members (excludes halogenated alkanes) is 8. The molecule has 4 nitrogen and oxygen atoms in total. The standard InChI is InChI=1S/C28H52O4/c1-23(2)15-11-7-5-9-13-17-27(18-14-10-6-8-12-16-24(3)4)19-21-28(22-20-27,25(29)30)26(31)32/h23-24H,5-22H2,1-4H3,(H,29,30)(H,31,32). The summed E-state index contributed by atoms with van der Waals surface area (Å²) in [6.45, 7) is 9.13. The predicted octanol–water partition coefficient (Wildman–Crippen LogP) is 8.48. The Labute approximate surface area is 197 Å². The third kappa shape index (κ3) is 10.3. The number of carboxylic acids is 2. The Morgan fingerprint density at radius 1 is 0.594 bits per heavy atom. The van der Waals surface area contributed by atoms with Crippen LogP contribution in [-0.4, -0.2) is 22.2 Å². The molecule has 0 aromatic rings. The van der Waals surface area contributed by atoms with Crippen LogP contribution in [0.3, 0.4) is 0 Å². The summed E-state index contributed by atoms with van der Waals surface area (Å²) >= 11 is 0. The van der Waals surface area contributed by atoms with Gasteiger partial charge in [-0.15, -0.1) is 0 Å². The lowest BCUT2D eigenvalue weighted by molar-refractivity contribution is -0.169. The summed E-state index contributed by atoms with van der Waals surface area (Å²) in [4.78, 5) is 23.5. The lowest BCUT2D eigenvalue weighted by Gasteiger charge is -2.43. The largest absolute Gasteiger partial charge is 0.480 e. The lowest BCUT2D eigenvalue weighted by Crippen LogP contribution is -2.45. The molecule has 1 aliphatic carbocycles. The second-order valence-electron chi connectivity index (χ2n) is 11.6. The summed E-state index contributed by atoms with van der Waals surface area (Å²) in [5.41, 5.74) is -1.40. The zero-order valence-electron chi connectivity index (χ0n) is 21.6. The predicted molar refractivity (Wildman–Crippen MR) is 133 cm³/mol. The first-order valence-corrected chi connectivity index (χ1v) is 13.6. The zero-order valence-corrected chi connectivity index (χ0v) is 21.6. The van der Waals surface area contributed by atoms with Crippen LogP contribution in [0.25, 0.3) is 0 Å². The molecule has 0 aliphatic heterocycles. The third-order valence-corrected chi connectivity index (χ3v) is 7.96.